The fourth-order valence-corrected chi connectivity index (χ4v) is 9.72. The molecular weight excluding hydrogens is 560 g/mol. The van der Waals surface area contributed by atoms with Crippen molar-refractivity contribution in [2.75, 3.05) is 13.2 Å². The van der Waals surface area contributed by atoms with E-state index in [-0.39, 0.29) is 43.5 Å². The summed E-state index contributed by atoms with van der Waals surface area (Å²) in [6, 6.07) is 0. The fourth-order valence-electron chi connectivity index (χ4n) is 9.19. The molecule has 5 rings (SSSR count). The predicted molar refractivity (Wildman–Crippen MR) is 156 cm³/mol. The summed E-state index contributed by atoms with van der Waals surface area (Å²) >= 11 is 7.52. The maximum Gasteiger partial charge on any atom is 0.509 e. The van der Waals surface area contributed by atoms with E-state index in [9.17, 15) is 24.3 Å². The summed E-state index contributed by atoms with van der Waals surface area (Å²) < 4.78 is 16.7. The maximum atomic E-state index is 14.1. The Morgan fingerprint density at radius 1 is 1.07 bits per heavy atom. The zero-order chi connectivity index (χ0) is 30.3. The van der Waals surface area contributed by atoms with E-state index in [0.29, 0.717) is 31.6 Å². The van der Waals surface area contributed by atoms with Crippen molar-refractivity contribution in [2.45, 2.75) is 114 Å². The van der Waals surface area contributed by atoms with Crippen molar-refractivity contribution in [3.63, 3.8) is 0 Å². The first-order valence-corrected chi connectivity index (χ1v) is 16.1. The lowest BCUT2D eigenvalue weighted by Gasteiger charge is -2.63. The number of hydrogen-bond donors (Lipinski definition) is 1. The van der Waals surface area contributed by atoms with Gasteiger partial charge in [0, 0.05) is 17.3 Å². The van der Waals surface area contributed by atoms with Gasteiger partial charge in [-0.2, -0.15) is 0 Å². The number of fused-ring (bicyclic) bond motifs is 5. The quantitative estimate of drug-likeness (QED) is 0.251. The number of halogens is 1. The molecule has 4 fully saturated rings. The van der Waals surface area contributed by atoms with Crippen molar-refractivity contribution in [1.82, 2.24) is 0 Å². The zero-order valence-corrected chi connectivity index (χ0v) is 25.9. The van der Waals surface area contributed by atoms with Crippen molar-refractivity contribution >= 4 is 35.3 Å². The van der Waals surface area contributed by atoms with Crippen LogP contribution < -0.4 is 0 Å². The van der Waals surface area contributed by atoms with Gasteiger partial charge in [-0.05, 0) is 74.9 Å². The maximum absolute atomic E-state index is 14.1. The lowest BCUT2D eigenvalue weighted by atomic mass is 9.45. The van der Waals surface area contributed by atoms with Crippen LogP contribution in [0, 0.1) is 28.6 Å². The number of alkyl halides is 1. The minimum Gasteiger partial charge on any atom is -0.457 e. The van der Waals surface area contributed by atoms with Crippen LogP contribution in [0.15, 0.2) is 23.8 Å². The summed E-state index contributed by atoms with van der Waals surface area (Å²) in [4.78, 5) is 50.7. The van der Waals surface area contributed by atoms with Gasteiger partial charge in [-0.3, -0.25) is 14.4 Å². The number of carbonyl (C=O) groups is 4. The highest BCUT2D eigenvalue weighted by Crippen LogP contribution is 2.71. The molecule has 0 bridgehead atoms. The van der Waals surface area contributed by atoms with Crippen molar-refractivity contribution in [1.29, 1.82) is 0 Å². The molecule has 7 atom stereocenters. The molecule has 0 aliphatic heterocycles. The zero-order valence-electron chi connectivity index (χ0n) is 25.1. The smallest absolute Gasteiger partial charge is 0.457 e. The van der Waals surface area contributed by atoms with Gasteiger partial charge >= 0.3 is 12.1 Å². The van der Waals surface area contributed by atoms with E-state index in [1.165, 1.54) is 18.9 Å². The van der Waals surface area contributed by atoms with Crippen LogP contribution in [-0.4, -0.2) is 58.6 Å². The van der Waals surface area contributed by atoms with E-state index in [4.69, 9.17) is 25.8 Å². The molecule has 0 spiro atoms. The summed E-state index contributed by atoms with van der Waals surface area (Å²) in [5, 5.41) is 11.9. The summed E-state index contributed by atoms with van der Waals surface area (Å²) in [5.41, 5.74) is -2.44. The third-order valence-electron chi connectivity index (χ3n) is 11.5. The monoisotopic (exact) mass is 604 g/mol. The minimum absolute atomic E-state index is 0.0846. The topological polar surface area (TPSA) is 116 Å². The number of rotatable bonds is 9. The van der Waals surface area contributed by atoms with E-state index in [1.54, 1.807) is 6.08 Å². The Labute approximate surface area is 253 Å². The number of hydrogen-bond acceptors (Lipinski definition) is 8. The molecule has 5 aliphatic rings. The average Bonchev–Trinajstić information content (AvgIpc) is 3.57. The van der Waals surface area contributed by atoms with Gasteiger partial charge in [-0.1, -0.05) is 58.1 Å². The number of aliphatic hydroxyl groups excluding tert-OH is 1. The van der Waals surface area contributed by atoms with E-state index in [1.807, 2.05) is 26.8 Å². The summed E-state index contributed by atoms with van der Waals surface area (Å²) in [5.74, 6) is -0.861. The van der Waals surface area contributed by atoms with Crippen LogP contribution in [-0.2, 0) is 28.6 Å². The van der Waals surface area contributed by atoms with Gasteiger partial charge in [0.15, 0.2) is 18.0 Å². The van der Waals surface area contributed by atoms with Gasteiger partial charge in [0.05, 0.1) is 17.6 Å². The van der Waals surface area contributed by atoms with Crippen LogP contribution in [0.4, 0.5) is 4.79 Å². The van der Waals surface area contributed by atoms with Gasteiger partial charge in [0.1, 0.15) is 0 Å². The molecule has 5 aliphatic carbocycles. The summed E-state index contributed by atoms with van der Waals surface area (Å²) in [7, 11) is 0. The van der Waals surface area contributed by atoms with Gasteiger partial charge < -0.3 is 19.3 Å². The number of ketones is 2. The molecular formula is C33H45ClO8. The Morgan fingerprint density at radius 2 is 1.81 bits per heavy atom. The number of ether oxygens (including phenoxy) is 3. The predicted octanol–water partition coefficient (Wildman–Crippen LogP) is 6.01. The van der Waals surface area contributed by atoms with Crippen molar-refractivity contribution in [3.8, 4) is 0 Å². The first-order valence-electron chi connectivity index (χ1n) is 15.8. The van der Waals surface area contributed by atoms with E-state index < -0.39 is 51.9 Å². The molecule has 1 unspecified atom stereocenters. The highest BCUT2D eigenvalue weighted by molar-refractivity contribution is 6.26. The van der Waals surface area contributed by atoms with Gasteiger partial charge in [0.25, 0.3) is 0 Å². The van der Waals surface area contributed by atoms with Crippen LogP contribution >= 0.6 is 11.6 Å². The van der Waals surface area contributed by atoms with Crippen LogP contribution in [0.1, 0.15) is 97.8 Å². The number of Topliss-reactive ketones (excluding diaryl/α,β-unsaturated/α-hetero) is 1. The average molecular weight is 605 g/mol. The molecule has 8 nitrogen and oxygen atoms in total. The van der Waals surface area contributed by atoms with Crippen molar-refractivity contribution in [2.24, 2.45) is 28.6 Å². The van der Waals surface area contributed by atoms with Crippen molar-refractivity contribution < 1.29 is 38.5 Å². The first-order chi connectivity index (χ1) is 19.9. The van der Waals surface area contributed by atoms with E-state index in [2.05, 4.69) is 0 Å². The molecule has 4 saturated carbocycles. The number of allylic oxidation sites excluding steroid dienone is 4. The largest absolute Gasteiger partial charge is 0.509 e. The van der Waals surface area contributed by atoms with Crippen LogP contribution in [0.3, 0.4) is 0 Å². The minimum atomic E-state index is -1.64. The van der Waals surface area contributed by atoms with Crippen LogP contribution in [0.5, 0.6) is 0 Å². The summed E-state index contributed by atoms with van der Waals surface area (Å²) in [6.07, 6.45) is 11.3. The van der Waals surface area contributed by atoms with Crippen molar-refractivity contribution in [3.05, 3.63) is 23.8 Å². The fraction of sp³-hybridized carbons (Fsp3) is 0.758. The molecule has 0 radical (unpaired) electrons. The molecule has 0 aromatic heterocycles. The molecule has 9 heteroatoms. The normalized spacial score (nSPS) is 39.1. The highest BCUT2D eigenvalue weighted by atomic mass is 35.5. The standard InChI is InChI=1S/C33H45ClO8/c1-4-17-40-29(39)42-32(27(37)20-41-28(38)12-9-21-7-5-6-8-21)16-14-24-25-11-10-22-18-23(35)13-15-30(22,2)33(25,34)26(36)19-31(24,32)3/h13,15,18,21,24-26,36H,4-12,14,16-17,19-20H2,1-3H3/t24-,25-,26?,30-,31-,32-,33-/m0/s1. The Hall–Kier alpha value is -2.19. The second-order valence-corrected chi connectivity index (χ2v) is 14.2. The van der Waals surface area contributed by atoms with Gasteiger partial charge in [-0.15, -0.1) is 11.6 Å². The SMILES string of the molecule is CCCOC(=O)O[C@]1(C(=O)COC(=O)CCC2CCCC2)CC[C@H]2[C@@H]3CCC4=CC(=O)C=C[C@]4(C)[C@@]3(Cl)C(O)C[C@@]21C. The third kappa shape index (κ3) is 4.94. The lowest BCUT2D eigenvalue weighted by Crippen LogP contribution is -2.69. The number of esters is 1. The Morgan fingerprint density at radius 3 is 2.52 bits per heavy atom. The molecule has 0 saturated heterocycles. The Balaban J connectivity index is 1.41. The molecule has 232 valence electrons. The molecule has 1 N–H and O–H groups in total. The Kier molecular flexibility index (Phi) is 8.72. The van der Waals surface area contributed by atoms with Gasteiger partial charge in [0.2, 0.25) is 5.78 Å². The molecule has 0 heterocycles. The van der Waals surface area contributed by atoms with E-state index in [0.717, 1.165) is 24.8 Å². The number of aliphatic hydroxyl groups is 1. The van der Waals surface area contributed by atoms with Crippen LogP contribution in [0.2, 0.25) is 0 Å². The second kappa shape index (κ2) is 11.7. The molecule has 0 aromatic rings. The second-order valence-electron chi connectivity index (χ2n) is 13.6. The molecule has 42 heavy (non-hydrogen) atoms. The Bertz CT molecular complexity index is 1170. The van der Waals surface area contributed by atoms with Crippen LogP contribution in [0.25, 0.3) is 0 Å². The number of carbonyl (C=O) groups excluding carboxylic acids is 4. The third-order valence-corrected chi connectivity index (χ3v) is 12.4. The summed E-state index contributed by atoms with van der Waals surface area (Å²) in [6.45, 7) is 5.38. The lowest BCUT2D eigenvalue weighted by molar-refractivity contribution is -0.182. The van der Waals surface area contributed by atoms with E-state index >= 15 is 0 Å². The molecule has 0 amide bonds. The highest BCUT2D eigenvalue weighted by Gasteiger charge is 2.74. The first kappa shape index (κ1) is 31.2. The van der Waals surface area contributed by atoms with Gasteiger partial charge in [-0.25, -0.2) is 4.79 Å². The molecule has 0 aromatic carbocycles.